The minimum atomic E-state index is -0.423. The molecule has 128 valence electrons. The predicted molar refractivity (Wildman–Crippen MR) is 91.0 cm³/mol. The fourth-order valence-corrected chi connectivity index (χ4v) is 2.75. The highest BCUT2D eigenvalue weighted by Gasteiger charge is 2.25. The molecule has 0 saturated heterocycles. The summed E-state index contributed by atoms with van der Waals surface area (Å²) >= 11 is 0. The summed E-state index contributed by atoms with van der Waals surface area (Å²) in [6.45, 7) is 5.68. The molecule has 0 spiro atoms. The van der Waals surface area contributed by atoms with Gasteiger partial charge in [-0.05, 0) is 43.5 Å². The van der Waals surface area contributed by atoms with Gasteiger partial charge in [0.15, 0.2) is 0 Å². The topological polar surface area (TPSA) is 84.1 Å². The van der Waals surface area contributed by atoms with Crippen LogP contribution in [0.1, 0.15) is 64.0 Å². The molecule has 2 rings (SSSR count). The van der Waals surface area contributed by atoms with Gasteiger partial charge in [0.1, 0.15) is 5.69 Å². The number of H-pyrrole nitrogens is 1. The molecule has 6 heteroatoms. The lowest BCUT2D eigenvalue weighted by Crippen LogP contribution is -2.28. The number of carbonyl (C=O) groups excluding carboxylic acids is 2. The van der Waals surface area contributed by atoms with Crippen molar-refractivity contribution in [2.24, 2.45) is 0 Å². The van der Waals surface area contributed by atoms with Crippen LogP contribution < -0.4 is 5.32 Å². The largest absolute Gasteiger partial charge is 0.465 e. The first-order valence-corrected chi connectivity index (χ1v) is 8.00. The molecule has 1 amide bonds. The van der Waals surface area contributed by atoms with Crippen LogP contribution >= 0.6 is 0 Å². The summed E-state index contributed by atoms with van der Waals surface area (Å²) in [6, 6.07) is 3.55. The number of aromatic nitrogens is 2. The van der Waals surface area contributed by atoms with E-state index in [-0.39, 0.29) is 11.9 Å². The minimum Gasteiger partial charge on any atom is -0.465 e. The molecule has 2 aromatic heterocycles. The van der Waals surface area contributed by atoms with Crippen LogP contribution in [0.25, 0.3) is 0 Å². The van der Waals surface area contributed by atoms with E-state index in [1.54, 1.807) is 19.3 Å². The van der Waals surface area contributed by atoms with Crippen molar-refractivity contribution in [2.45, 2.75) is 39.7 Å². The number of rotatable bonds is 6. The van der Waals surface area contributed by atoms with Gasteiger partial charge < -0.3 is 15.0 Å². The zero-order valence-corrected chi connectivity index (χ0v) is 14.5. The summed E-state index contributed by atoms with van der Waals surface area (Å²) in [7, 11) is 1.34. The van der Waals surface area contributed by atoms with Gasteiger partial charge in [0, 0.05) is 18.1 Å². The third kappa shape index (κ3) is 3.64. The molecule has 1 unspecified atom stereocenters. The molecule has 6 nitrogen and oxygen atoms in total. The van der Waals surface area contributed by atoms with E-state index >= 15 is 0 Å². The fourth-order valence-electron chi connectivity index (χ4n) is 2.75. The first-order valence-electron chi connectivity index (χ1n) is 8.00. The van der Waals surface area contributed by atoms with Gasteiger partial charge in [0.25, 0.3) is 5.91 Å². The maximum atomic E-state index is 12.7. The van der Waals surface area contributed by atoms with Crippen molar-refractivity contribution >= 4 is 11.9 Å². The Balaban J connectivity index is 2.30. The molecule has 0 aliphatic rings. The SMILES string of the molecule is CCCc1c(C(=O)NC(C)c2ccncc2)[nH]c(C)c1C(=O)OC. The summed E-state index contributed by atoms with van der Waals surface area (Å²) in [4.78, 5) is 31.7. The maximum Gasteiger partial charge on any atom is 0.339 e. The monoisotopic (exact) mass is 329 g/mol. The van der Waals surface area contributed by atoms with Crippen molar-refractivity contribution in [3.8, 4) is 0 Å². The normalized spacial score (nSPS) is 11.8. The third-order valence-electron chi connectivity index (χ3n) is 3.96. The van der Waals surface area contributed by atoms with Crippen molar-refractivity contribution in [3.05, 3.63) is 52.6 Å². The smallest absolute Gasteiger partial charge is 0.339 e. The molecule has 0 aromatic carbocycles. The van der Waals surface area contributed by atoms with E-state index < -0.39 is 5.97 Å². The van der Waals surface area contributed by atoms with E-state index in [0.717, 1.165) is 12.0 Å². The van der Waals surface area contributed by atoms with E-state index in [4.69, 9.17) is 4.74 Å². The van der Waals surface area contributed by atoms with Crippen LogP contribution in [0.3, 0.4) is 0 Å². The van der Waals surface area contributed by atoms with Crippen LogP contribution in [0.4, 0.5) is 0 Å². The van der Waals surface area contributed by atoms with Gasteiger partial charge in [-0.15, -0.1) is 0 Å². The summed E-state index contributed by atoms with van der Waals surface area (Å²) in [5.41, 5.74) is 3.21. The summed E-state index contributed by atoms with van der Waals surface area (Å²) < 4.78 is 4.85. The first kappa shape index (κ1) is 17.7. The van der Waals surface area contributed by atoms with E-state index in [1.165, 1.54) is 7.11 Å². The molecular weight excluding hydrogens is 306 g/mol. The number of ether oxygens (including phenoxy) is 1. The minimum absolute atomic E-state index is 0.167. The van der Waals surface area contributed by atoms with E-state index in [2.05, 4.69) is 15.3 Å². The average molecular weight is 329 g/mol. The number of hydrogen-bond donors (Lipinski definition) is 2. The number of amides is 1. The molecule has 2 heterocycles. The molecule has 0 bridgehead atoms. The average Bonchev–Trinajstić information content (AvgIpc) is 2.91. The Hall–Kier alpha value is -2.63. The number of carbonyl (C=O) groups is 2. The third-order valence-corrected chi connectivity index (χ3v) is 3.96. The van der Waals surface area contributed by atoms with Gasteiger partial charge in [-0.2, -0.15) is 0 Å². The number of aryl methyl sites for hydroxylation is 1. The van der Waals surface area contributed by atoms with Crippen LogP contribution in [0, 0.1) is 6.92 Å². The van der Waals surface area contributed by atoms with E-state index in [9.17, 15) is 9.59 Å². The Kier molecular flexibility index (Phi) is 5.73. The molecule has 24 heavy (non-hydrogen) atoms. The van der Waals surface area contributed by atoms with Crippen molar-refractivity contribution in [1.29, 1.82) is 0 Å². The number of nitrogens with zero attached hydrogens (tertiary/aromatic N) is 1. The number of pyridine rings is 1. The van der Waals surface area contributed by atoms with Gasteiger partial charge in [-0.1, -0.05) is 13.3 Å². The lowest BCUT2D eigenvalue weighted by atomic mass is 10.0. The number of esters is 1. The second-order valence-corrected chi connectivity index (χ2v) is 5.70. The van der Waals surface area contributed by atoms with Crippen molar-refractivity contribution in [3.63, 3.8) is 0 Å². The number of methoxy groups -OCH3 is 1. The maximum absolute atomic E-state index is 12.7. The van der Waals surface area contributed by atoms with Crippen LogP contribution in [-0.2, 0) is 11.2 Å². The Morgan fingerprint density at radius 3 is 2.58 bits per heavy atom. The lowest BCUT2D eigenvalue weighted by Gasteiger charge is -2.14. The molecule has 0 aliphatic carbocycles. The summed E-state index contributed by atoms with van der Waals surface area (Å²) in [5.74, 6) is -0.658. The van der Waals surface area contributed by atoms with Crippen molar-refractivity contribution < 1.29 is 14.3 Å². The Bertz CT molecular complexity index is 723. The van der Waals surface area contributed by atoms with Crippen LogP contribution in [-0.4, -0.2) is 29.0 Å². The zero-order valence-electron chi connectivity index (χ0n) is 14.5. The van der Waals surface area contributed by atoms with Crippen LogP contribution in [0.2, 0.25) is 0 Å². The van der Waals surface area contributed by atoms with Crippen molar-refractivity contribution in [1.82, 2.24) is 15.3 Å². The fraction of sp³-hybridized carbons (Fsp3) is 0.389. The lowest BCUT2D eigenvalue weighted by molar-refractivity contribution is 0.0599. The highest BCUT2D eigenvalue weighted by Crippen LogP contribution is 2.22. The molecular formula is C18H23N3O3. The second kappa shape index (κ2) is 7.77. The zero-order chi connectivity index (χ0) is 17.7. The molecule has 2 N–H and O–H groups in total. The van der Waals surface area contributed by atoms with Gasteiger partial charge in [-0.3, -0.25) is 9.78 Å². The molecule has 1 atom stereocenters. The van der Waals surface area contributed by atoms with Gasteiger partial charge in [-0.25, -0.2) is 4.79 Å². The molecule has 0 radical (unpaired) electrons. The highest BCUT2D eigenvalue weighted by atomic mass is 16.5. The number of aromatic amines is 1. The number of hydrogen-bond acceptors (Lipinski definition) is 4. The molecule has 0 aliphatic heterocycles. The van der Waals surface area contributed by atoms with Gasteiger partial charge >= 0.3 is 5.97 Å². The summed E-state index contributed by atoms with van der Waals surface area (Å²) in [5, 5.41) is 2.96. The van der Waals surface area contributed by atoms with E-state index in [1.807, 2.05) is 26.0 Å². The Labute approximate surface area is 141 Å². The van der Waals surface area contributed by atoms with Crippen LogP contribution in [0.15, 0.2) is 24.5 Å². The highest BCUT2D eigenvalue weighted by molar-refractivity contribution is 6.00. The van der Waals surface area contributed by atoms with Gasteiger partial charge in [0.05, 0.1) is 18.7 Å². The summed E-state index contributed by atoms with van der Waals surface area (Å²) in [6.07, 6.45) is 4.83. The quantitative estimate of drug-likeness (QED) is 0.798. The van der Waals surface area contributed by atoms with Crippen molar-refractivity contribution in [2.75, 3.05) is 7.11 Å². The van der Waals surface area contributed by atoms with E-state index in [0.29, 0.717) is 28.9 Å². The molecule has 0 saturated carbocycles. The Morgan fingerprint density at radius 1 is 1.33 bits per heavy atom. The van der Waals surface area contributed by atoms with Gasteiger partial charge in [0.2, 0.25) is 0 Å². The molecule has 0 fully saturated rings. The standard InChI is InChI=1S/C18H23N3O3/c1-5-6-14-15(18(23)24-4)12(3)20-16(14)17(22)21-11(2)13-7-9-19-10-8-13/h7-11,20H,5-6H2,1-4H3,(H,21,22). The second-order valence-electron chi connectivity index (χ2n) is 5.70. The Morgan fingerprint density at radius 2 is 2.00 bits per heavy atom. The number of nitrogens with one attached hydrogen (secondary N) is 2. The molecule has 2 aromatic rings. The van der Waals surface area contributed by atoms with Crippen LogP contribution in [0.5, 0.6) is 0 Å². The first-order chi connectivity index (χ1) is 11.5. The predicted octanol–water partition coefficient (Wildman–Crippen LogP) is 2.95.